The topological polar surface area (TPSA) is 34.0 Å². The van der Waals surface area contributed by atoms with Gasteiger partial charge in [-0.25, -0.2) is 8.78 Å². The van der Waals surface area contributed by atoms with Crippen molar-refractivity contribution in [2.75, 3.05) is 0 Å². The minimum absolute atomic E-state index is 0.0731. The quantitative estimate of drug-likeness (QED) is 0.818. The van der Waals surface area contributed by atoms with Gasteiger partial charge in [0.15, 0.2) is 11.6 Å². The van der Waals surface area contributed by atoms with Gasteiger partial charge in [0.2, 0.25) is 0 Å². The second-order valence-corrected chi connectivity index (χ2v) is 6.51. The van der Waals surface area contributed by atoms with Gasteiger partial charge >= 0.3 is 0 Å². The Morgan fingerprint density at radius 1 is 1.20 bits per heavy atom. The van der Waals surface area contributed by atoms with Crippen molar-refractivity contribution in [3.8, 4) is 0 Å². The van der Waals surface area contributed by atoms with Crippen molar-refractivity contribution >= 4 is 5.91 Å². The molecule has 1 heterocycles. The molecule has 1 N–H and O–H groups in total. The minimum atomic E-state index is -0.875. The average Bonchev–Trinajstić information content (AvgIpc) is 2.80. The van der Waals surface area contributed by atoms with Gasteiger partial charge in [-0.15, -0.1) is 0 Å². The van der Waals surface area contributed by atoms with E-state index in [-0.39, 0.29) is 11.9 Å². The van der Waals surface area contributed by atoms with Crippen LogP contribution < -0.4 is 5.32 Å². The third-order valence-electron chi connectivity index (χ3n) is 4.80. The summed E-state index contributed by atoms with van der Waals surface area (Å²) in [5, 5.41) is 3.00. The van der Waals surface area contributed by atoms with E-state index in [1.165, 1.54) is 6.07 Å². The van der Waals surface area contributed by atoms with Crippen LogP contribution in [0.2, 0.25) is 0 Å². The molecule has 25 heavy (non-hydrogen) atoms. The molecule has 3 nitrogen and oxygen atoms in total. The standard InChI is InChI=1S/C20H26F2N2O/c1-6-12(3)23-20(25)19-13(4)16(7-2)14(5)24(19)11-15-8-9-17(21)18(22)10-15/h8-10,12H,6-7,11H2,1-5H3,(H,23,25). The van der Waals surface area contributed by atoms with Crippen molar-refractivity contribution in [1.29, 1.82) is 0 Å². The molecule has 1 aromatic heterocycles. The summed E-state index contributed by atoms with van der Waals surface area (Å²) in [7, 11) is 0. The molecule has 2 rings (SSSR count). The molecule has 0 saturated carbocycles. The third-order valence-corrected chi connectivity index (χ3v) is 4.80. The number of carbonyl (C=O) groups is 1. The Kier molecular flexibility index (Phi) is 5.98. The lowest BCUT2D eigenvalue weighted by molar-refractivity contribution is 0.0929. The van der Waals surface area contributed by atoms with Crippen LogP contribution in [0.4, 0.5) is 8.78 Å². The number of aromatic nitrogens is 1. The normalized spacial score (nSPS) is 12.3. The highest BCUT2D eigenvalue weighted by Crippen LogP contribution is 2.24. The fraction of sp³-hybridized carbons (Fsp3) is 0.450. The first kappa shape index (κ1) is 19.2. The summed E-state index contributed by atoms with van der Waals surface area (Å²) in [4.78, 5) is 12.8. The molecule has 0 spiro atoms. The lowest BCUT2D eigenvalue weighted by atomic mass is 10.1. The van der Waals surface area contributed by atoms with E-state index in [0.717, 1.165) is 35.7 Å². The van der Waals surface area contributed by atoms with Crippen LogP contribution >= 0.6 is 0 Å². The third kappa shape index (κ3) is 3.91. The first-order valence-electron chi connectivity index (χ1n) is 8.73. The van der Waals surface area contributed by atoms with Gasteiger partial charge in [-0.2, -0.15) is 0 Å². The van der Waals surface area contributed by atoms with Crippen molar-refractivity contribution in [2.24, 2.45) is 0 Å². The molecule has 1 unspecified atom stereocenters. The lowest BCUT2D eigenvalue weighted by Crippen LogP contribution is -2.34. The van der Waals surface area contributed by atoms with Gasteiger partial charge in [0, 0.05) is 18.3 Å². The van der Waals surface area contributed by atoms with Crippen molar-refractivity contribution < 1.29 is 13.6 Å². The van der Waals surface area contributed by atoms with Gasteiger partial charge in [-0.1, -0.05) is 19.9 Å². The molecule has 136 valence electrons. The summed E-state index contributed by atoms with van der Waals surface area (Å²) in [6.07, 6.45) is 1.65. The molecule has 1 amide bonds. The number of halogens is 2. The van der Waals surface area contributed by atoms with E-state index in [9.17, 15) is 13.6 Å². The number of rotatable bonds is 6. The number of amides is 1. The predicted octanol–water partition coefficient (Wildman–Crippen LogP) is 4.52. The molecule has 2 aromatic rings. The van der Waals surface area contributed by atoms with Gasteiger partial charge < -0.3 is 9.88 Å². The molecular formula is C20H26F2N2O. The maximum absolute atomic E-state index is 13.5. The largest absolute Gasteiger partial charge is 0.348 e. The first-order valence-corrected chi connectivity index (χ1v) is 8.73. The summed E-state index contributed by atoms with van der Waals surface area (Å²) < 4.78 is 28.6. The minimum Gasteiger partial charge on any atom is -0.348 e. The number of nitrogens with one attached hydrogen (secondary N) is 1. The van der Waals surface area contributed by atoms with Gasteiger partial charge in [-0.3, -0.25) is 4.79 Å². The van der Waals surface area contributed by atoms with E-state index >= 15 is 0 Å². The predicted molar refractivity (Wildman–Crippen MR) is 96.0 cm³/mol. The number of hydrogen-bond acceptors (Lipinski definition) is 1. The number of nitrogens with zero attached hydrogens (tertiary/aromatic N) is 1. The Labute approximate surface area is 148 Å². The molecular weight excluding hydrogens is 322 g/mol. The van der Waals surface area contributed by atoms with E-state index in [1.807, 2.05) is 39.2 Å². The fourth-order valence-electron chi connectivity index (χ4n) is 3.17. The van der Waals surface area contributed by atoms with E-state index in [2.05, 4.69) is 5.32 Å². The summed E-state index contributed by atoms with van der Waals surface area (Å²) in [5.41, 5.74) is 4.27. The number of benzene rings is 1. The van der Waals surface area contributed by atoms with Crippen LogP contribution in [0, 0.1) is 25.5 Å². The van der Waals surface area contributed by atoms with Crippen molar-refractivity contribution in [1.82, 2.24) is 9.88 Å². The first-order chi connectivity index (χ1) is 11.8. The van der Waals surface area contributed by atoms with Crippen LogP contribution in [0.1, 0.15) is 60.1 Å². The fourth-order valence-corrected chi connectivity index (χ4v) is 3.17. The summed E-state index contributed by atoms with van der Waals surface area (Å²) in [6.45, 7) is 10.3. The Bertz CT molecular complexity index is 780. The summed E-state index contributed by atoms with van der Waals surface area (Å²) in [6, 6.07) is 3.93. The maximum atomic E-state index is 13.5. The zero-order valence-electron chi connectivity index (χ0n) is 15.5. The van der Waals surface area contributed by atoms with E-state index in [0.29, 0.717) is 17.8 Å². The van der Waals surface area contributed by atoms with Crippen molar-refractivity contribution in [3.05, 3.63) is 57.9 Å². The van der Waals surface area contributed by atoms with Gasteiger partial charge in [-0.05, 0) is 62.4 Å². The smallest absolute Gasteiger partial charge is 0.268 e. The monoisotopic (exact) mass is 348 g/mol. The van der Waals surface area contributed by atoms with Crippen LogP contribution in [-0.4, -0.2) is 16.5 Å². The van der Waals surface area contributed by atoms with Crippen LogP contribution in [-0.2, 0) is 13.0 Å². The van der Waals surface area contributed by atoms with Gasteiger partial charge in [0.1, 0.15) is 5.69 Å². The highest BCUT2D eigenvalue weighted by molar-refractivity contribution is 5.95. The Hall–Kier alpha value is -2.17. The van der Waals surface area contributed by atoms with Gasteiger partial charge in [0.25, 0.3) is 5.91 Å². The van der Waals surface area contributed by atoms with E-state index < -0.39 is 11.6 Å². The van der Waals surface area contributed by atoms with Crippen LogP contribution in [0.25, 0.3) is 0 Å². The highest BCUT2D eigenvalue weighted by atomic mass is 19.2. The second kappa shape index (κ2) is 7.81. The van der Waals surface area contributed by atoms with Crippen LogP contribution in [0.3, 0.4) is 0 Å². The molecule has 0 aliphatic rings. The molecule has 1 atom stereocenters. The molecule has 0 bridgehead atoms. The van der Waals surface area contributed by atoms with Crippen molar-refractivity contribution in [2.45, 2.75) is 60.0 Å². The molecule has 0 radical (unpaired) electrons. The second-order valence-electron chi connectivity index (χ2n) is 6.51. The van der Waals surface area contributed by atoms with Crippen LogP contribution in [0.15, 0.2) is 18.2 Å². The van der Waals surface area contributed by atoms with Crippen molar-refractivity contribution in [3.63, 3.8) is 0 Å². The average molecular weight is 348 g/mol. The summed E-state index contributed by atoms with van der Waals surface area (Å²) in [5.74, 6) is -1.87. The Morgan fingerprint density at radius 2 is 1.88 bits per heavy atom. The van der Waals surface area contributed by atoms with E-state index in [1.54, 1.807) is 6.07 Å². The number of carbonyl (C=O) groups excluding carboxylic acids is 1. The lowest BCUT2D eigenvalue weighted by Gasteiger charge is -2.16. The Balaban J connectivity index is 2.48. The summed E-state index contributed by atoms with van der Waals surface area (Å²) >= 11 is 0. The molecule has 0 aliphatic heterocycles. The Morgan fingerprint density at radius 3 is 2.44 bits per heavy atom. The highest BCUT2D eigenvalue weighted by Gasteiger charge is 2.22. The van der Waals surface area contributed by atoms with Crippen LogP contribution in [0.5, 0.6) is 0 Å². The zero-order valence-corrected chi connectivity index (χ0v) is 15.5. The zero-order chi connectivity index (χ0) is 18.7. The SMILES string of the molecule is CCc1c(C)c(C(=O)NC(C)CC)n(Cc2ccc(F)c(F)c2)c1C. The molecule has 0 fully saturated rings. The van der Waals surface area contributed by atoms with Gasteiger partial charge in [0.05, 0.1) is 0 Å². The maximum Gasteiger partial charge on any atom is 0.268 e. The van der Waals surface area contributed by atoms with E-state index in [4.69, 9.17) is 0 Å². The molecule has 0 saturated heterocycles. The molecule has 0 aliphatic carbocycles. The number of hydrogen-bond donors (Lipinski definition) is 1. The molecule has 1 aromatic carbocycles. The molecule has 5 heteroatoms.